The Hall–Kier alpha value is -8.92. The Balaban J connectivity index is 0.000000197. The van der Waals surface area contributed by atoms with Gasteiger partial charge in [0.15, 0.2) is 19.0 Å². The van der Waals surface area contributed by atoms with E-state index in [1.807, 2.05) is 5.32 Å². The molecule has 29 heteroatoms. The van der Waals surface area contributed by atoms with Crippen LogP contribution in [0, 0.1) is 58.2 Å². The van der Waals surface area contributed by atoms with Crippen molar-refractivity contribution in [3.05, 3.63) is 117 Å². The van der Waals surface area contributed by atoms with Gasteiger partial charge in [0.1, 0.15) is 23.6 Å². The normalized spacial score (nSPS) is 17.1. The SMILES string of the molecule is O=C(O)COc1cccc2c1C(=O)N(C1CCC(=O)NC1=O)C2=O.O=C1CCC(N2C(=O)c3cccc(OCC(=O)Oc4c(F)c(F)c(F)c(F)c4F)c3C2=O)C(=O)N1.Oc1c(F)c(F)c(F)c(F)c1F. The number of halogens is 10. The number of carboxylic acid groups (broad SMARTS) is 1. The topological polar surface area (TPSA) is 269 Å². The second kappa shape index (κ2) is 20.4. The number of nitrogens with one attached hydrogen (secondary N) is 2. The van der Waals surface area contributed by atoms with Crippen molar-refractivity contribution in [2.75, 3.05) is 13.2 Å². The van der Waals surface area contributed by atoms with Crippen LogP contribution in [-0.2, 0) is 28.8 Å². The van der Waals surface area contributed by atoms with Crippen molar-refractivity contribution < 1.29 is 116 Å². The Morgan fingerprint density at radius 1 is 0.535 bits per heavy atom. The first-order valence-electron chi connectivity index (χ1n) is 19.5. The molecule has 2 unspecified atom stereocenters. The van der Waals surface area contributed by atoms with Crippen molar-refractivity contribution >= 4 is 59.2 Å². The van der Waals surface area contributed by atoms with Crippen LogP contribution in [0.15, 0.2) is 36.4 Å². The lowest BCUT2D eigenvalue weighted by Crippen LogP contribution is -2.54. The van der Waals surface area contributed by atoms with Crippen molar-refractivity contribution in [1.82, 2.24) is 20.4 Å². The molecule has 8 amide bonds. The van der Waals surface area contributed by atoms with Gasteiger partial charge in [-0.2, -0.15) is 17.6 Å². The highest BCUT2D eigenvalue weighted by molar-refractivity contribution is 6.25. The molecule has 4 aromatic rings. The zero-order valence-electron chi connectivity index (χ0n) is 34.7. The van der Waals surface area contributed by atoms with Crippen LogP contribution in [0.4, 0.5) is 43.9 Å². The summed E-state index contributed by atoms with van der Waals surface area (Å²) in [4.78, 5) is 121. The fraction of sp³-hybridized carbons (Fsp3) is 0.190. The quantitative estimate of drug-likeness (QED) is 0.0467. The molecule has 0 spiro atoms. The van der Waals surface area contributed by atoms with E-state index in [-0.39, 0.29) is 59.4 Å². The van der Waals surface area contributed by atoms with Gasteiger partial charge in [0.05, 0.1) is 22.3 Å². The van der Waals surface area contributed by atoms with E-state index >= 15 is 0 Å². The highest BCUT2D eigenvalue weighted by Crippen LogP contribution is 2.36. The third-order valence-electron chi connectivity index (χ3n) is 10.1. The van der Waals surface area contributed by atoms with Gasteiger partial charge in [-0.15, -0.1) is 0 Å². The zero-order valence-corrected chi connectivity index (χ0v) is 34.7. The largest absolute Gasteiger partial charge is 0.503 e. The number of hydrogen-bond acceptors (Lipinski definition) is 14. The summed E-state index contributed by atoms with van der Waals surface area (Å²) in [6, 6.07) is 5.54. The highest BCUT2D eigenvalue weighted by atomic mass is 19.2. The van der Waals surface area contributed by atoms with E-state index < -0.39 is 154 Å². The Morgan fingerprint density at radius 2 is 0.901 bits per heavy atom. The maximum absolute atomic E-state index is 13.7. The predicted molar refractivity (Wildman–Crippen MR) is 205 cm³/mol. The number of fused-ring (bicyclic) bond motifs is 2. The van der Waals surface area contributed by atoms with Gasteiger partial charge in [-0.3, -0.25) is 58.8 Å². The van der Waals surface area contributed by atoms with E-state index in [0.29, 0.717) is 4.90 Å². The average Bonchev–Trinajstić information content (AvgIpc) is 3.75. The second-order valence-corrected chi connectivity index (χ2v) is 14.5. The van der Waals surface area contributed by atoms with Gasteiger partial charge in [-0.05, 0) is 37.1 Å². The van der Waals surface area contributed by atoms with Crippen molar-refractivity contribution in [3.8, 4) is 23.0 Å². The summed E-state index contributed by atoms with van der Waals surface area (Å²) in [5.41, 5.74) is -0.572. The Labute approximate surface area is 386 Å². The fourth-order valence-corrected chi connectivity index (χ4v) is 6.90. The van der Waals surface area contributed by atoms with Crippen LogP contribution >= 0.6 is 0 Å². The molecular formula is C42H24F10N4O15. The number of phenols is 1. The highest BCUT2D eigenvalue weighted by Gasteiger charge is 2.47. The molecule has 0 radical (unpaired) electrons. The predicted octanol–water partition coefficient (Wildman–Crippen LogP) is 3.41. The number of aliphatic carboxylic acids is 1. The third kappa shape index (κ3) is 9.86. The molecule has 4 N–H and O–H groups in total. The monoisotopic (exact) mass is 1010 g/mol. The molecule has 0 saturated carbocycles. The summed E-state index contributed by atoms with van der Waals surface area (Å²) in [5, 5.41) is 21.1. The van der Waals surface area contributed by atoms with E-state index in [1.165, 1.54) is 30.3 Å². The minimum atomic E-state index is -2.44. The first-order valence-corrected chi connectivity index (χ1v) is 19.5. The lowest BCUT2D eigenvalue weighted by molar-refractivity contribution is -0.139. The van der Waals surface area contributed by atoms with Crippen LogP contribution in [-0.4, -0.2) is 105 Å². The number of amides is 8. The maximum atomic E-state index is 13.7. The number of hydrogen-bond donors (Lipinski definition) is 4. The number of rotatable bonds is 9. The van der Waals surface area contributed by atoms with Gasteiger partial charge in [-0.1, -0.05) is 12.1 Å². The maximum Gasteiger partial charge on any atom is 0.349 e. The number of piperidine rings is 2. The van der Waals surface area contributed by atoms with E-state index in [1.54, 1.807) is 0 Å². The first kappa shape index (κ1) is 51.5. The van der Waals surface area contributed by atoms with Crippen LogP contribution in [0.25, 0.3) is 0 Å². The number of benzene rings is 4. The molecule has 19 nitrogen and oxygen atoms in total. The van der Waals surface area contributed by atoms with Crippen LogP contribution in [0.5, 0.6) is 23.0 Å². The van der Waals surface area contributed by atoms with Crippen molar-refractivity contribution in [2.45, 2.75) is 37.8 Å². The number of nitrogens with zero attached hydrogens (tertiary/aromatic N) is 2. The number of phenolic OH excluding ortho intramolecular Hbond substituents is 1. The summed E-state index contributed by atoms with van der Waals surface area (Å²) >= 11 is 0. The number of carbonyl (C=O) groups excluding carboxylic acids is 9. The molecule has 0 bridgehead atoms. The molecule has 0 aliphatic carbocycles. The summed E-state index contributed by atoms with van der Waals surface area (Å²) < 4.78 is 142. The number of aromatic hydroxyl groups is 1. The average molecular weight is 1010 g/mol. The Kier molecular flexibility index (Phi) is 14.8. The van der Waals surface area contributed by atoms with Gasteiger partial charge in [0.2, 0.25) is 87.6 Å². The van der Waals surface area contributed by atoms with Gasteiger partial charge >= 0.3 is 11.9 Å². The molecule has 4 aliphatic rings. The van der Waals surface area contributed by atoms with Crippen LogP contribution in [0.3, 0.4) is 0 Å². The minimum absolute atomic E-state index is 0.0200. The molecule has 372 valence electrons. The molecule has 8 rings (SSSR count). The lowest BCUT2D eigenvalue weighted by Gasteiger charge is -2.27. The Bertz CT molecular complexity index is 2910. The summed E-state index contributed by atoms with van der Waals surface area (Å²) in [6.07, 6.45) is -0.162. The van der Waals surface area contributed by atoms with Gasteiger partial charge in [0.25, 0.3) is 23.6 Å². The standard InChI is InChI=1S/C21H11F5N2O7.C15H12N2O7.C6HF5O/c22-13-14(23)16(25)18(17(26)15(13)24)35-11(30)6-34-9-3-1-2-7-12(9)21(33)28(20(7)32)8-4-5-10(29)27-19(8)31;18-10-5-4-8(13(21)16-10)17-14(22)7-2-1-3-9(12(7)15(17)23)24-6-11(19)20;7-1-2(8)4(10)6(12)5(11)3(1)9/h1-3,8H,4-6H2,(H,27,29,31);1-3,8H,4-6H2,(H,19,20)(H,16,18,21);12H. The van der Waals surface area contributed by atoms with Crippen molar-refractivity contribution in [3.63, 3.8) is 0 Å². The Morgan fingerprint density at radius 3 is 1.28 bits per heavy atom. The van der Waals surface area contributed by atoms with E-state index in [0.717, 1.165) is 11.0 Å². The van der Waals surface area contributed by atoms with Gasteiger partial charge in [-0.25, -0.2) is 35.9 Å². The molecule has 2 saturated heterocycles. The van der Waals surface area contributed by atoms with E-state index in [2.05, 4.69) is 10.1 Å². The van der Waals surface area contributed by atoms with E-state index in [9.17, 15) is 91.8 Å². The van der Waals surface area contributed by atoms with Gasteiger partial charge in [0, 0.05) is 12.8 Å². The third-order valence-corrected chi connectivity index (χ3v) is 10.1. The summed E-state index contributed by atoms with van der Waals surface area (Å²) in [5.74, 6) is -35.7. The minimum Gasteiger partial charge on any atom is -0.503 e. The molecule has 2 fully saturated rings. The molecule has 0 aromatic heterocycles. The molecular weight excluding hydrogens is 990 g/mol. The second-order valence-electron chi connectivity index (χ2n) is 14.5. The summed E-state index contributed by atoms with van der Waals surface area (Å²) in [7, 11) is 0. The van der Waals surface area contributed by atoms with Crippen LogP contribution in [0.1, 0.15) is 67.1 Å². The smallest absolute Gasteiger partial charge is 0.349 e. The molecule has 4 aliphatic heterocycles. The molecule has 4 heterocycles. The number of ether oxygens (including phenoxy) is 3. The summed E-state index contributed by atoms with van der Waals surface area (Å²) in [6.45, 7) is -1.83. The first-order chi connectivity index (χ1) is 33.4. The van der Waals surface area contributed by atoms with Crippen LogP contribution in [0.2, 0.25) is 0 Å². The van der Waals surface area contributed by atoms with Crippen molar-refractivity contribution in [2.24, 2.45) is 0 Å². The van der Waals surface area contributed by atoms with E-state index in [4.69, 9.17) is 19.7 Å². The van der Waals surface area contributed by atoms with Crippen molar-refractivity contribution in [1.29, 1.82) is 0 Å². The van der Waals surface area contributed by atoms with Crippen LogP contribution < -0.4 is 24.8 Å². The molecule has 71 heavy (non-hydrogen) atoms. The van der Waals surface area contributed by atoms with Gasteiger partial charge < -0.3 is 24.4 Å². The zero-order chi connectivity index (χ0) is 52.5. The fourth-order valence-electron chi connectivity index (χ4n) is 6.90. The number of esters is 1. The molecule has 4 aromatic carbocycles. The lowest BCUT2D eigenvalue weighted by atomic mass is 10.0. The number of carboxylic acids is 1. The number of imide groups is 4. The number of carbonyl (C=O) groups is 10. The molecule has 2 atom stereocenters.